The first-order valence-electron chi connectivity index (χ1n) is 7.93. The average Bonchev–Trinajstić information content (AvgIpc) is 2.49. The molecule has 116 valence electrons. The van der Waals surface area contributed by atoms with Gasteiger partial charge in [-0.25, -0.2) is 0 Å². The molecular weight excluding hydrogens is 264 g/mol. The van der Waals surface area contributed by atoms with Crippen LogP contribution >= 0.6 is 0 Å². The summed E-state index contributed by atoms with van der Waals surface area (Å²) in [6.07, 6.45) is 5.12. The van der Waals surface area contributed by atoms with Crippen LogP contribution in [0, 0.1) is 0 Å². The zero-order valence-corrected chi connectivity index (χ0v) is 13.0. The fourth-order valence-electron chi connectivity index (χ4n) is 2.82. The Morgan fingerprint density at radius 3 is 2.43 bits per heavy atom. The van der Waals surface area contributed by atoms with Gasteiger partial charge in [-0.1, -0.05) is 0 Å². The maximum Gasteiger partial charge on any atom is 0.126 e. The number of aromatic hydroxyl groups is 1. The summed E-state index contributed by atoms with van der Waals surface area (Å²) < 4.78 is 0. The van der Waals surface area contributed by atoms with Crippen LogP contribution in [0.2, 0.25) is 0 Å². The predicted molar refractivity (Wildman–Crippen MR) is 87.5 cm³/mol. The number of rotatable bonds is 5. The van der Waals surface area contributed by atoms with Crippen molar-refractivity contribution < 1.29 is 10.2 Å². The molecule has 0 unspecified atom stereocenters. The van der Waals surface area contributed by atoms with E-state index in [0.29, 0.717) is 0 Å². The molecule has 0 bridgehead atoms. The van der Waals surface area contributed by atoms with E-state index in [1.165, 1.54) is 0 Å². The maximum atomic E-state index is 10.1. The Morgan fingerprint density at radius 2 is 1.86 bits per heavy atom. The van der Waals surface area contributed by atoms with Crippen LogP contribution in [0.5, 0.6) is 5.75 Å². The third kappa shape index (κ3) is 4.21. The van der Waals surface area contributed by atoms with Crippen molar-refractivity contribution in [1.29, 1.82) is 0 Å². The molecule has 0 spiro atoms. The van der Waals surface area contributed by atoms with Crippen LogP contribution in [0.15, 0.2) is 23.2 Å². The molecule has 0 aromatic heterocycles. The first-order valence-corrected chi connectivity index (χ1v) is 7.93. The molecule has 0 atom stereocenters. The Morgan fingerprint density at radius 1 is 1.19 bits per heavy atom. The number of anilines is 1. The minimum atomic E-state index is -0.154. The predicted octanol–water partition coefficient (Wildman–Crippen LogP) is 2.96. The average molecular weight is 290 g/mol. The second-order valence-electron chi connectivity index (χ2n) is 5.66. The second kappa shape index (κ2) is 7.46. The van der Waals surface area contributed by atoms with E-state index in [-0.39, 0.29) is 17.9 Å². The highest BCUT2D eigenvalue weighted by Crippen LogP contribution is 2.25. The number of aliphatic imine (C=N–C) groups is 1. The van der Waals surface area contributed by atoms with Gasteiger partial charge in [0.2, 0.25) is 0 Å². The number of aliphatic hydroxyl groups is 1. The molecule has 2 rings (SSSR count). The van der Waals surface area contributed by atoms with Crippen molar-refractivity contribution in [1.82, 2.24) is 0 Å². The largest absolute Gasteiger partial charge is 0.507 e. The van der Waals surface area contributed by atoms with Crippen LogP contribution in [0.3, 0.4) is 0 Å². The van der Waals surface area contributed by atoms with Gasteiger partial charge in [0, 0.05) is 36.6 Å². The Kier molecular flexibility index (Phi) is 5.62. The molecule has 2 N–H and O–H groups in total. The van der Waals surface area contributed by atoms with Gasteiger partial charge in [-0.2, -0.15) is 0 Å². The van der Waals surface area contributed by atoms with E-state index in [1.54, 1.807) is 12.3 Å². The Balaban J connectivity index is 2.03. The summed E-state index contributed by atoms with van der Waals surface area (Å²) in [5.41, 5.74) is 1.80. The molecule has 0 amide bonds. The number of nitrogens with zero attached hydrogens (tertiary/aromatic N) is 2. The van der Waals surface area contributed by atoms with Crippen molar-refractivity contribution >= 4 is 11.9 Å². The van der Waals surface area contributed by atoms with Crippen LogP contribution in [0.25, 0.3) is 0 Å². The number of hydrogen-bond donors (Lipinski definition) is 2. The van der Waals surface area contributed by atoms with Gasteiger partial charge in [-0.05, 0) is 51.7 Å². The van der Waals surface area contributed by atoms with E-state index in [1.807, 2.05) is 12.1 Å². The highest BCUT2D eigenvalue weighted by Gasteiger charge is 2.18. The topological polar surface area (TPSA) is 56.1 Å². The van der Waals surface area contributed by atoms with E-state index in [0.717, 1.165) is 50.0 Å². The smallest absolute Gasteiger partial charge is 0.126 e. The summed E-state index contributed by atoms with van der Waals surface area (Å²) in [5, 5.41) is 19.6. The molecule has 4 nitrogen and oxygen atoms in total. The lowest BCUT2D eigenvalue weighted by molar-refractivity contribution is 0.123. The number of phenols is 1. The molecular formula is C17H26N2O2. The number of phenolic OH excluding ortho intramolecular Hbond substituents is 1. The molecule has 1 aliphatic carbocycles. The van der Waals surface area contributed by atoms with Crippen molar-refractivity contribution in [2.75, 3.05) is 18.0 Å². The zero-order valence-electron chi connectivity index (χ0n) is 13.0. The molecule has 21 heavy (non-hydrogen) atoms. The number of aliphatic hydroxyl groups excluding tert-OH is 1. The van der Waals surface area contributed by atoms with Gasteiger partial charge >= 0.3 is 0 Å². The van der Waals surface area contributed by atoms with Crippen LogP contribution in [0.4, 0.5) is 5.69 Å². The van der Waals surface area contributed by atoms with Crippen LogP contribution in [-0.4, -0.2) is 41.7 Å². The highest BCUT2D eigenvalue weighted by atomic mass is 16.3. The van der Waals surface area contributed by atoms with Crippen molar-refractivity contribution in [2.45, 2.75) is 51.7 Å². The lowest BCUT2D eigenvalue weighted by Crippen LogP contribution is -2.21. The molecule has 1 fully saturated rings. The van der Waals surface area contributed by atoms with Gasteiger partial charge in [0.1, 0.15) is 5.75 Å². The normalized spacial score (nSPS) is 22.6. The van der Waals surface area contributed by atoms with Gasteiger partial charge < -0.3 is 15.1 Å². The standard InChI is InChI=1S/C17H26N2O2/c1-3-19(4-2)15-8-5-13(17(21)11-15)12-18-14-6-9-16(20)10-7-14/h5,8,11-12,14,16,20-21H,3-4,6-7,9-10H2,1-2H3. The van der Waals surface area contributed by atoms with E-state index in [9.17, 15) is 10.2 Å². The molecule has 0 aliphatic heterocycles. The zero-order chi connectivity index (χ0) is 15.2. The van der Waals surface area contributed by atoms with Gasteiger partial charge in [0.05, 0.1) is 12.1 Å². The first kappa shape index (κ1) is 15.8. The van der Waals surface area contributed by atoms with Crippen molar-refractivity contribution in [3.8, 4) is 5.75 Å². The Labute approximate surface area is 127 Å². The molecule has 1 aromatic rings. The molecule has 0 heterocycles. The molecule has 1 aliphatic rings. The van der Waals surface area contributed by atoms with Gasteiger partial charge in [-0.3, -0.25) is 4.99 Å². The minimum Gasteiger partial charge on any atom is -0.507 e. The Bertz CT molecular complexity index is 476. The molecule has 0 saturated heterocycles. The number of hydrogen-bond acceptors (Lipinski definition) is 4. The summed E-state index contributed by atoms with van der Waals surface area (Å²) in [6, 6.07) is 6.03. The van der Waals surface area contributed by atoms with E-state index in [2.05, 4.69) is 23.7 Å². The summed E-state index contributed by atoms with van der Waals surface area (Å²) in [4.78, 5) is 6.75. The van der Waals surface area contributed by atoms with Crippen LogP contribution < -0.4 is 4.90 Å². The fraction of sp³-hybridized carbons (Fsp3) is 0.588. The third-order valence-corrected chi connectivity index (χ3v) is 4.23. The quantitative estimate of drug-likeness (QED) is 0.820. The lowest BCUT2D eigenvalue weighted by Gasteiger charge is -2.22. The Hall–Kier alpha value is -1.55. The number of benzene rings is 1. The van der Waals surface area contributed by atoms with Crippen LogP contribution in [-0.2, 0) is 0 Å². The SMILES string of the molecule is CCN(CC)c1ccc(C=NC2CCC(O)CC2)c(O)c1. The summed E-state index contributed by atoms with van der Waals surface area (Å²) >= 11 is 0. The van der Waals surface area contributed by atoms with Gasteiger partial charge in [-0.15, -0.1) is 0 Å². The first-order chi connectivity index (χ1) is 10.1. The molecule has 0 radical (unpaired) electrons. The molecule has 1 aromatic carbocycles. The van der Waals surface area contributed by atoms with Crippen molar-refractivity contribution in [2.24, 2.45) is 4.99 Å². The van der Waals surface area contributed by atoms with E-state index in [4.69, 9.17) is 0 Å². The second-order valence-corrected chi connectivity index (χ2v) is 5.66. The summed E-state index contributed by atoms with van der Waals surface area (Å²) in [6.45, 7) is 6.06. The third-order valence-electron chi connectivity index (χ3n) is 4.23. The van der Waals surface area contributed by atoms with Crippen LogP contribution in [0.1, 0.15) is 45.1 Å². The fourth-order valence-corrected chi connectivity index (χ4v) is 2.82. The molecule has 4 heteroatoms. The monoisotopic (exact) mass is 290 g/mol. The van der Waals surface area contributed by atoms with Gasteiger partial charge in [0.15, 0.2) is 0 Å². The van der Waals surface area contributed by atoms with E-state index >= 15 is 0 Å². The van der Waals surface area contributed by atoms with E-state index < -0.39 is 0 Å². The van der Waals surface area contributed by atoms with Crippen molar-refractivity contribution in [3.05, 3.63) is 23.8 Å². The van der Waals surface area contributed by atoms with Crippen molar-refractivity contribution in [3.63, 3.8) is 0 Å². The maximum absolute atomic E-state index is 10.1. The summed E-state index contributed by atoms with van der Waals surface area (Å²) in [7, 11) is 0. The minimum absolute atomic E-state index is 0.154. The summed E-state index contributed by atoms with van der Waals surface area (Å²) in [5.74, 6) is 0.277. The lowest BCUT2D eigenvalue weighted by atomic mass is 9.93. The highest BCUT2D eigenvalue weighted by molar-refractivity contribution is 5.84. The molecule has 1 saturated carbocycles. The van der Waals surface area contributed by atoms with Gasteiger partial charge in [0.25, 0.3) is 0 Å².